The van der Waals surface area contributed by atoms with Gasteiger partial charge >= 0.3 is 5.97 Å². The molecule has 0 bridgehead atoms. The number of hydrogen-bond acceptors (Lipinski definition) is 16. The number of aliphatic hydroxyl groups excluding tert-OH is 9. The molecule has 45 heavy (non-hydrogen) atoms. The number of hydrogen-bond donors (Lipinski definition) is 11. The van der Waals surface area contributed by atoms with E-state index in [1.54, 1.807) is 13.8 Å². The summed E-state index contributed by atoms with van der Waals surface area (Å²) in [6.07, 6.45) is -20.5. The first-order valence-electron chi connectivity index (χ1n) is 14.9. The molecule has 5 unspecified atom stereocenters. The number of aliphatic carboxylic acids is 1. The van der Waals surface area contributed by atoms with Gasteiger partial charge in [-0.25, -0.2) is 4.79 Å². The lowest BCUT2D eigenvalue weighted by atomic mass is 9.82. The van der Waals surface area contributed by atoms with Crippen LogP contribution in [0.1, 0.15) is 40.0 Å². The Morgan fingerprint density at radius 3 is 2.13 bits per heavy atom. The lowest BCUT2D eigenvalue weighted by Crippen LogP contribution is -2.67. The van der Waals surface area contributed by atoms with Crippen LogP contribution in [0.4, 0.5) is 0 Å². The molecule has 3 aliphatic heterocycles. The molecule has 0 aromatic rings. The van der Waals surface area contributed by atoms with Gasteiger partial charge in [-0.1, -0.05) is 13.8 Å². The molecule has 3 fully saturated rings. The molecule has 3 rings (SSSR count). The second kappa shape index (κ2) is 16.0. The summed E-state index contributed by atoms with van der Waals surface area (Å²) in [6, 6.07) is -0.986. The van der Waals surface area contributed by atoms with E-state index in [0.717, 1.165) is 0 Å². The fraction of sp³-hybridized carbons (Fsp3) is 0.926. The van der Waals surface area contributed by atoms with Crippen molar-refractivity contribution in [3.63, 3.8) is 0 Å². The maximum absolute atomic E-state index is 12.4. The number of carbonyl (C=O) groups is 2. The predicted molar refractivity (Wildman–Crippen MR) is 146 cm³/mol. The van der Waals surface area contributed by atoms with Crippen molar-refractivity contribution in [1.29, 1.82) is 0 Å². The summed E-state index contributed by atoms with van der Waals surface area (Å²) in [5, 5.41) is 106. The van der Waals surface area contributed by atoms with Gasteiger partial charge in [0.05, 0.1) is 44.2 Å². The Balaban J connectivity index is 1.82. The number of carbonyl (C=O) groups excluding carboxylic acids is 1. The molecule has 0 spiro atoms. The highest BCUT2D eigenvalue weighted by atomic mass is 16.7. The van der Waals surface area contributed by atoms with E-state index < -0.39 is 135 Å². The van der Waals surface area contributed by atoms with Crippen molar-refractivity contribution in [3.8, 4) is 0 Å². The van der Waals surface area contributed by atoms with Crippen molar-refractivity contribution < 1.29 is 84.3 Å². The SMILES string of the molecule is CC[C@@H]1OC(CO)[C@@H](O[C@@H]2OC(CO[C@]3(C(=O)O)C[C@@H](O)[C@@H](CC)C([C@H](O)[C@H](O)CO)O3)[C@H](O)[C@H](O)C2O)[C@H](O)C1NC(C)=O. The smallest absolute Gasteiger partial charge is 0.364 e. The van der Waals surface area contributed by atoms with Gasteiger partial charge < -0.3 is 80.1 Å². The standard InChI is InChI=1S/C27H47NO17/c1-4-11-12(32)6-27(26(39)40,45-23(11)18(34)13(33)7-29)41-9-16-19(35)21(37)22(38)25(43-16)44-24-15(8-30)42-14(5-2)17(20(24)36)28-10(3)31/h11-25,29-30,32-38H,4-9H2,1-3H3,(H,28,31)(H,39,40)/t11-,12-,13-,14+,15?,16?,17?,18-,19+,20-,21+,22?,23?,24-,25+,27-/m1/s1. The van der Waals surface area contributed by atoms with Crippen LogP contribution in [-0.4, -0.2) is 174 Å². The Bertz CT molecular complexity index is 976. The van der Waals surface area contributed by atoms with E-state index in [0.29, 0.717) is 6.42 Å². The topological polar surface area (TPSA) is 295 Å². The number of aliphatic hydroxyl groups is 9. The largest absolute Gasteiger partial charge is 0.477 e. The summed E-state index contributed by atoms with van der Waals surface area (Å²) in [5.74, 6) is -5.74. The van der Waals surface area contributed by atoms with Gasteiger partial charge in [0.2, 0.25) is 5.91 Å². The molecule has 0 aliphatic carbocycles. The van der Waals surface area contributed by atoms with Crippen LogP contribution >= 0.6 is 0 Å². The van der Waals surface area contributed by atoms with Gasteiger partial charge in [-0.15, -0.1) is 0 Å². The van der Waals surface area contributed by atoms with Gasteiger partial charge in [-0.3, -0.25) is 4.79 Å². The first-order chi connectivity index (χ1) is 21.2. The van der Waals surface area contributed by atoms with E-state index in [4.69, 9.17) is 23.7 Å². The summed E-state index contributed by atoms with van der Waals surface area (Å²) in [5.41, 5.74) is 0. The van der Waals surface area contributed by atoms with E-state index in [-0.39, 0.29) is 6.42 Å². The first kappa shape index (κ1) is 37.8. The first-order valence-corrected chi connectivity index (χ1v) is 14.9. The van der Waals surface area contributed by atoms with Crippen LogP contribution in [0.25, 0.3) is 0 Å². The molecule has 3 heterocycles. The minimum absolute atomic E-state index is 0.192. The van der Waals surface area contributed by atoms with Crippen molar-refractivity contribution in [2.24, 2.45) is 5.92 Å². The van der Waals surface area contributed by atoms with E-state index in [2.05, 4.69) is 5.32 Å². The molecule has 18 nitrogen and oxygen atoms in total. The third-order valence-corrected chi connectivity index (χ3v) is 8.65. The van der Waals surface area contributed by atoms with Crippen LogP contribution in [0.3, 0.4) is 0 Å². The molecular formula is C27H47NO17. The van der Waals surface area contributed by atoms with E-state index in [1.807, 2.05) is 0 Å². The number of amides is 1. The van der Waals surface area contributed by atoms with E-state index in [1.165, 1.54) is 6.92 Å². The second-order valence-electron chi connectivity index (χ2n) is 11.7. The minimum Gasteiger partial charge on any atom is -0.477 e. The fourth-order valence-electron chi connectivity index (χ4n) is 6.10. The quantitative estimate of drug-likeness (QED) is 0.0883. The van der Waals surface area contributed by atoms with Crippen LogP contribution in [0, 0.1) is 5.92 Å². The summed E-state index contributed by atoms with van der Waals surface area (Å²) in [7, 11) is 0. The Kier molecular flexibility index (Phi) is 13.4. The average molecular weight is 658 g/mol. The summed E-state index contributed by atoms with van der Waals surface area (Å²) in [6.45, 7) is 2.21. The molecule has 3 aliphatic rings. The van der Waals surface area contributed by atoms with Crippen molar-refractivity contribution in [2.45, 2.75) is 131 Å². The molecule has 1 amide bonds. The van der Waals surface area contributed by atoms with Gasteiger partial charge in [0.15, 0.2) is 6.29 Å². The number of ether oxygens (including phenoxy) is 5. The van der Waals surface area contributed by atoms with Crippen LogP contribution in [0.15, 0.2) is 0 Å². The highest BCUT2D eigenvalue weighted by molar-refractivity contribution is 5.76. The number of carboxylic acids is 1. The Labute approximate surface area is 259 Å². The highest BCUT2D eigenvalue weighted by Gasteiger charge is 2.56. The van der Waals surface area contributed by atoms with Crippen LogP contribution in [-0.2, 0) is 33.3 Å². The molecule has 16 atom stereocenters. The summed E-state index contributed by atoms with van der Waals surface area (Å²) < 4.78 is 28.4. The maximum atomic E-state index is 12.4. The molecule has 0 saturated carbocycles. The Morgan fingerprint density at radius 2 is 1.60 bits per heavy atom. The zero-order valence-electron chi connectivity index (χ0n) is 25.2. The van der Waals surface area contributed by atoms with E-state index in [9.17, 15) is 60.7 Å². The fourth-order valence-corrected chi connectivity index (χ4v) is 6.10. The summed E-state index contributed by atoms with van der Waals surface area (Å²) in [4.78, 5) is 24.2. The molecule has 262 valence electrons. The van der Waals surface area contributed by atoms with Gasteiger partial charge in [0.1, 0.15) is 54.9 Å². The van der Waals surface area contributed by atoms with Crippen LogP contribution < -0.4 is 5.32 Å². The van der Waals surface area contributed by atoms with Crippen molar-refractivity contribution in [1.82, 2.24) is 5.32 Å². The average Bonchev–Trinajstić information content (AvgIpc) is 3.00. The third kappa shape index (κ3) is 8.10. The van der Waals surface area contributed by atoms with Gasteiger partial charge in [-0.2, -0.15) is 0 Å². The molecule has 0 aromatic heterocycles. The monoisotopic (exact) mass is 657 g/mol. The van der Waals surface area contributed by atoms with Crippen molar-refractivity contribution >= 4 is 11.9 Å². The zero-order valence-corrected chi connectivity index (χ0v) is 25.2. The molecule has 0 aromatic carbocycles. The number of carboxylic acid groups (broad SMARTS) is 1. The lowest BCUT2D eigenvalue weighted by Gasteiger charge is -2.48. The van der Waals surface area contributed by atoms with E-state index >= 15 is 0 Å². The molecule has 0 radical (unpaired) electrons. The lowest BCUT2D eigenvalue weighted by molar-refractivity contribution is -0.355. The number of nitrogens with one attached hydrogen (secondary N) is 1. The van der Waals surface area contributed by atoms with Crippen LogP contribution in [0.5, 0.6) is 0 Å². The molecule has 18 heteroatoms. The normalized spacial score (nSPS) is 43.8. The van der Waals surface area contributed by atoms with Crippen LogP contribution in [0.2, 0.25) is 0 Å². The number of rotatable bonds is 13. The highest BCUT2D eigenvalue weighted by Crippen LogP contribution is 2.39. The van der Waals surface area contributed by atoms with Crippen molar-refractivity contribution in [3.05, 3.63) is 0 Å². The Hall–Kier alpha value is -1.62. The second-order valence-corrected chi connectivity index (χ2v) is 11.7. The zero-order chi connectivity index (χ0) is 33.8. The van der Waals surface area contributed by atoms with Gasteiger partial charge in [0, 0.05) is 19.3 Å². The van der Waals surface area contributed by atoms with Gasteiger partial charge in [0.25, 0.3) is 5.79 Å². The molecule has 3 saturated heterocycles. The van der Waals surface area contributed by atoms with Gasteiger partial charge in [-0.05, 0) is 12.8 Å². The molecule has 11 N–H and O–H groups in total. The predicted octanol–water partition coefficient (Wildman–Crippen LogP) is -5.10. The maximum Gasteiger partial charge on any atom is 0.364 e. The van der Waals surface area contributed by atoms with Crippen molar-refractivity contribution in [2.75, 3.05) is 19.8 Å². The third-order valence-electron chi connectivity index (χ3n) is 8.65. The Morgan fingerprint density at radius 1 is 0.933 bits per heavy atom. The summed E-state index contributed by atoms with van der Waals surface area (Å²) >= 11 is 0. The molecular weight excluding hydrogens is 610 g/mol. The minimum atomic E-state index is -2.65.